The first kappa shape index (κ1) is 14.3. The molecule has 0 saturated carbocycles. The summed E-state index contributed by atoms with van der Waals surface area (Å²) in [7, 11) is 0. The van der Waals surface area contributed by atoms with Crippen LogP contribution in [-0.2, 0) is 16.1 Å². The van der Waals surface area contributed by atoms with E-state index in [-0.39, 0.29) is 12.6 Å². The standard InChI is InChI=1S/C17H19NO2/c1-12-3-7-15(8-4-12)16-9-5-14(6-10-16)11-20-17(19)13(2)18/h3-10,13H,11,18H2,1-2H3. The third kappa shape index (κ3) is 3.68. The molecule has 0 spiro atoms. The number of nitrogens with two attached hydrogens (primary N) is 1. The van der Waals surface area contributed by atoms with Gasteiger partial charge in [-0.25, -0.2) is 0 Å². The normalized spacial score (nSPS) is 11.9. The van der Waals surface area contributed by atoms with Gasteiger partial charge in [0.15, 0.2) is 0 Å². The van der Waals surface area contributed by atoms with Crippen LogP contribution in [0.3, 0.4) is 0 Å². The van der Waals surface area contributed by atoms with Crippen LogP contribution < -0.4 is 5.73 Å². The molecule has 0 amide bonds. The number of ether oxygens (including phenoxy) is 1. The molecule has 0 radical (unpaired) electrons. The second-order valence-electron chi connectivity index (χ2n) is 4.96. The highest BCUT2D eigenvalue weighted by molar-refractivity contribution is 5.74. The molecule has 104 valence electrons. The molecule has 3 nitrogen and oxygen atoms in total. The Morgan fingerprint density at radius 1 is 1.05 bits per heavy atom. The van der Waals surface area contributed by atoms with E-state index < -0.39 is 6.04 Å². The lowest BCUT2D eigenvalue weighted by atomic mass is 10.0. The van der Waals surface area contributed by atoms with Crippen molar-refractivity contribution < 1.29 is 9.53 Å². The molecule has 3 heteroatoms. The van der Waals surface area contributed by atoms with Gasteiger partial charge in [0.05, 0.1) is 0 Å². The van der Waals surface area contributed by atoms with Gasteiger partial charge in [0.2, 0.25) is 0 Å². The second-order valence-corrected chi connectivity index (χ2v) is 4.96. The summed E-state index contributed by atoms with van der Waals surface area (Å²) in [5.74, 6) is -0.382. The van der Waals surface area contributed by atoms with Gasteiger partial charge in [0.25, 0.3) is 0 Å². The SMILES string of the molecule is Cc1ccc(-c2ccc(COC(=O)C(C)N)cc2)cc1. The zero-order chi connectivity index (χ0) is 14.5. The molecule has 2 rings (SSSR count). The van der Waals surface area contributed by atoms with Gasteiger partial charge >= 0.3 is 5.97 Å². The summed E-state index contributed by atoms with van der Waals surface area (Å²) in [6.07, 6.45) is 0. The first-order chi connectivity index (χ1) is 9.56. The minimum Gasteiger partial charge on any atom is -0.460 e. The van der Waals surface area contributed by atoms with E-state index in [9.17, 15) is 4.79 Å². The van der Waals surface area contributed by atoms with Crippen LogP contribution in [0.4, 0.5) is 0 Å². The van der Waals surface area contributed by atoms with Crippen molar-refractivity contribution in [1.29, 1.82) is 0 Å². The maximum Gasteiger partial charge on any atom is 0.322 e. The fourth-order valence-corrected chi connectivity index (χ4v) is 1.83. The molecule has 1 unspecified atom stereocenters. The molecule has 0 aliphatic carbocycles. The van der Waals surface area contributed by atoms with Gasteiger partial charge in [-0.05, 0) is 30.5 Å². The fraction of sp³-hybridized carbons (Fsp3) is 0.235. The Bertz CT molecular complexity index is 571. The van der Waals surface area contributed by atoms with Crippen LogP contribution in [0.1, 0.15) is 18.1 Å². The number of rotatable bonds is 4. The average Bonchev–Trinajstić information content (AvgIpc) is 2.46. The van der Waals surface area contributed by atoms with E-state index in [2.05, 4.69) is 31.2 Å². The van der Waals surface area contributed by atoms with Crippen LogP contribution in [0.2, 0.25) is 0 Å². The topological polar surface area (TPSA) is 52.3 Å². The maximum atomic E-state index is 11.3. The molecular weight excluding hydrogens is 250 g/mol. The van der Waals surface area contributed by atoms with Crippen LogP contribution in [0, 0.1) is 6.92 Å². The van der Waals surface area contributed by atoms with Crippen molar-refractivity contribution in [1.82, 2.24) is 0 Å². The molecule has 0 aliphatic heterocycles. The Kier molecular flexibility index (Phi) is 4.53. The van der Waals surface area contributed by atoms with E-state index >= 15 is 0 Å². The van der Waals surface area contributed by atoms with Crippen LogP contribution in [0.25, 0.3) is 11.1 Å². The van der Waals surface area contributed by atoms with Crippen molar-refractivity contribution in [2.45, 2.75) is 26.5 Å². The van der Waals surface area contributed by atoms with Crippen molar-refractivity contribution in [2.75, 3.05) is 0 Å². The minimum absolute atomic E-state index is 0.258. The van der Waals surface area contributed by atoms with E-state index in [1.165, 1.54) is 11.1 Å². The quantitative estimate of drug-likeness (QED) is 0.868. The lowest BCUT2D eigenvalue weighted by molar-refractivity contribution is -0.146. The summed E-state index contributed by atoms with van der Waals surface area (Å²) in [4.78, 5) is 11.3. The predicted molar refractivity (Wildman–Crippen MR) is 80.1 cm³/mol. The Morgan fingerprint density at radius 3 is 2.05 bits per heavy atom. The van der Waals surface area contributed by atoms with Crippen molar-refractivity contribution in [3.8, 4) is 11.1 Å². The highest BCUT2D eigenvalue weighted by Crippen LogP contribution is 2.20. The Labute approximate surface area is 119 Å². The maximum absolute atomic E-state index is 11.3. The molecule has 0 aliphatic rings. The third-order valence-electron chi connectivity index (χ3n) is 3.09. The lowest BCUT2D eigenvalue weighted by Crippen LogP contribution is -2.28. The predicted octanol–water partition coefficient (Wildman–Crippen LogP) is 3.05. The van der Waals surface area contributed by atoms with Gasteiger partial charge < -0.3 is 10.5 Å². The number of carbonyl (C=O) groups excluding carboxylic acids is 1. The molecule has 0 saturated heterocycles. The van der Waals surface area contributed by atoms with Gasteiger partial charge in [-0.1, -0.05) is 54.1 Å². The molecule has 1 atom stereocenters. The highest BCUT2D eigenvalue weighted by atomic mass is 16.5. The monoisotopic (exact) mass is 269 g/mol. The smallest absolute Gasteiger partial charge is 0.322 e. The molecule has 0 heterocycles. The van der Waals surface area contributed by atoms with Crippen molar-refractivity contribution in [2.24, 2.45) is 5.73 Å². The van der Waals surface area contributed by atoms with E-state index in [0.717, 1.165) is 11.1 Å². The number of benzene rings is 2. The van der Waals surface area contributed by atoms with Crippen LogP contribution in [0.5, 0.6) is 0 Å². The van der Waals surface area contributed by atoms with Crippen LogP contribution in [-0.4, -0.2) is 12.0 Å². The molecule has 2 aromatic rings. The van der Waals surface area contributed by atoms with Gasteiger partial charge in [-0.15, -0.1) is 0 Å². The summed E-state index contributed by atoms with van der Waals surface area (Å²) in [5, 5.41) is 0. The molecule has 2 aromatic carbocycles. The van der Waals surface area contributed by atoms with Gasteiger partial charge in [-0.2, -0.15) is 0 Å². The third-order valence-corrected chi connectivity index (χ3v) is 3.09. The number of hydrogen-bond donors (Lipinski definition) is 1. The molecular formula is C17H19NO2. The number of esters is 1. The summed E-state index contributed by atoms with van der Waals surface area (Å²) in [6.45, 7) is 3.94. The lowest BCUT2D eigenvalue weighted by Gasteiger charge is -2.08. The zero-order valence-electron chi connectivity index (χ0n) is 11.8. The summed E-state index contributed by atoms with van der Waals surface area (Å²) in [5.41, 5.74) is 9.96. The zero-order valence-corrected chi connectivity index (χ0v) is 11.8. The first-order valence-corrected chi connectivity index (χ1v) is 6.64. The fourth-order valence-electron chi connectivity index (χ4n) is 1.83. The molecule has 0 aromatic heterocycles. The van der Waals surface area contributed by atoms with Crippen LogP contribution in [0.15, 0.2) is 48.5 Å². The highest BCUT2D eigenvalue weighted by Gasteiger charge is 2.08. The number of carbonyl (C=O) groups is 1. The summed E-state index contributed by atoms with van der Waals surface area (Å²) >= 11 is 0. The summed E-state index contributed by atoms with van der Waals surface area (Å²) < 4.78 is 5.09. The minimum atomic E-state index is -0.582. The molecule has 0 fully saturated rings. The van der Waals surface area contributed by atoms with E-state index in [0.29, 0.717) is 0 Å². The Balaban J connectivity index is 2.03. The van der Waals surface area contributed by atoms with E-state index in [1.807, 2.05) is 24.3 Å². The second kappa shape index (κ2) is 6.35. The van der Waals surface area contributed by atoms with E-state index in [4.69, 9.17) is 10.5 Å². The van der Waals surface area contributed by atoms with Crippen molar-refractivity contribution in [3.63, 3.8) is 0 Å². The van der Waals surface area contributed by atoms with Gasteiger partial charge in [0.1, 0.15) is 12.6 Å². The molecule has 20 heavy (non-hydrogen) atoms. The largest absolute Gasteiger partial charge is 0.460 e. The van der Waals surface area contributed by atoms with Gasteiger partial charge in [-0.3, -0.25) is 4.79 Å². The van der Waals surface area contributed by atoms with E-state index in [1.54, 1.807) is 6.92 Å². The number of aryl methyl sites for hydroxylation is 1. The first-order valence-electron chi connectivity index (χ1n) is 6.64. The van der Waals surface area contributed by atoms with Crippen molar-refractivity contribution >= 4 is 5.97 Å². The Hall–Kier alpha value is -2.13. The summed E-state index contributed by atoms with van der Waals surface area (Å²) in [6, 6.07) is 15.8. The van der Waals surface area contributed by atoms with Crippen LogP contribution >= 0.6 is 0 Å². The number of hydrogen-bond acceptors (Lipinski definition) is 3. The Morgan fingerprint density at radius 2 is 1.55 bits per heavy atom. The molecule has 2 N–H and O–H groups in total. The molecule has 0 bridgehead atoms. The van der Waals surface area contributed by atoms with Gasteiger partial charge in [0, 0.05) is 0 Å². The van der Waals surface area contributed by atoms with Crippen molar-refractivity contribution in [3.05, 3.63) is 59.7 Å². The average molecular weight is 269 g/mol.